The summed E-state index contributed by atoms with van der Waals surface area (Å²) in [5.41, 5.74) is 0.249. The van der Waals surface area contributed by atoms with Gasteiger partial charge in [-0.05, 0) is 18.2 Å². The first-order chi connectivity index (χ1) is 5.93. The number of sulfonamides is 1. The lowest BCUT2D eigenvalue weighted by molar-refractivity contribution is 0.597. The summed E-state index contributed by atoms with van der Waals surface area (Å²) >= 11 is 3.08. The van der Waals surface area contributed by atoms with Crippen molar-refractivity contribution >= 4 is 26.0 Å². The van der Waals surface area contributed by atoms with Gasteiger partial charge in [0.1, 0.15) is 0 Å². The minimum Gasteiger partial charge on any atom is -0.225 e. The minimum atomic E-state index is -3.74. The molecule has 0 radical (unpaired) electrons. The number of rotatable bonds is 1. The van der Waals surface area contributed by atoms with E-state index in [-0.39, 0.29) is 10.5 Å². The Hall–Kier alpha value is -0.900. The molecule has 1 aromatic carbocycles. The van der Waals surface area contributed by atoms with Gasteiger partial charge in [0.15, 0.2) is 0 Å². The molecule has 0 unspecified atom stereocenters. The fourth-order valence-electron chi connectivity index (χ4n) is 0.792. The predicted molar refractivity (Wildman–Crippen MR) is 50.2 cm³/mol. The van der Waals surface area contributed by atoms with Crippen molar-refractivity contribution in [1.82, 2.24) is 0 Å². The lowest BCUT2D eigenvalue weighted by atomic mass is 10.2. The Bertz CT molecular complexity index is 476. The van der Waals surface area contributed by atoms with Gasteiger partial charge in [-0.1, -0.05) is 15.9 Å². The standard InChI is InChI=1S/C7H5BrN2O2S/c8-6-1-5(4-9)2-7(3-6)13(10,11)12/h1-3H,(H2,10,11,12). The summed E-state index contributed by atoms with van der Waals surface area (Å²) in [4.78, 5) is -0.0709. The Morgan fingerprint density at radius 1 is 1.38 bits per heavy atom. The Balaban J connectivity index is 3.44. The molecule has 4 nitrogen and oxygen atoms in total. The molecule has 0 amide bonds. The molecular weight excluding hydrogens is 256 g/mol. The first kappa shape index (κ1) is 10.2. The highest BCUT2D eigenvalue weighted by Gasteiger charge is 2.09. The molecule has 13 heavy (non-hydrogen) atoms. The smallest absolute Gasteiger partial charge is 0.225 e. The van der Waals surface area contributed by atoms with Crippen LogP contribution in [-0.4, -0.2) is 8.42 Å². The number of hydrogen-bond acceptors (Lipinski definition) is 3. The van der Waals surface area contributed by atoms with Crippen LogP contribution in [0.5, 0.6) is 0 Å². The molecule has 0 saturated carbocycles. The first-order valence-corrected chi connectivity index (χ1v) is 5.51. The molecule has 0 saturated heterocycles. The molecule has 0 spiro atoms. The van der Waals surface area contributed by atoms with E-state index in [4.69, 9.17) is 10.4 Å². The largest absolute Gasteiger partial charge is 0.238 e. The van der Waals surface area contributed by atoms with Gasteiger partial charge in [-0.3, -0.25) is 0 Å². The van der Waals surface area contributed by atoms with Crippen LogP contribution in [0.2, 0.25) is 0 Å². The van der Waals surface area contributed by atoms with Crippen LogP contribution >= 0.6 is 15.9 Å². The lowest BCUT2D eigenvalue weighted by Crippen LogP contribution is -2.12. The molecule has 2 N–H and O–H groups in total. The van der Waals surface area contributed by atoms with Crippen LogP contribution in [0.4, 0.5) is 0 Å². The van der Waals surface area contributed by atoms with E-state index in [2.05, 4.69) is 15.9 Å². The van der Waals surface area contributed by atoms with Gasteiger partial charge in [0.2, 0.25) is 10.0 Å². The molecule has 68 valence electrons. The van der Waals surface area contributed by atoms with Crippen LogP contribution in [0.15, 0.2) is 27.6 Å². The molecular formula is C7H5BrN2O2S. The number of primary sulfonamides is 1. The highest BCUT2D eigenvalue weighted by molar-refractivity contribution is 9.10. The normalized spacial score (nSPS) is 10.8. The molecule has 0 bridgehead atoms. The summed E-state index contributed by atoms with van der Waals surface area (Å²) in [7, 11) is -3.74. The van der Waals surface area contributed by atoms with Crippen molar-refractivity contribution in [2.45, 2.75) is 4.90 Å². The second kappa shape index (κ2) is 3.46. The van der Waals surface area contributed by atoms with Crippen LogP contribution in [0, 0.1) is 11.3 Å². The zero-order chi connectivity index (χ0) is 10.1. The van der Waals surface area contributed by atoms with E-state index in [0.717, 1.165) is 0 Å². The van der Waals surface area contributed by atoms with Crippen molar-refractivity contribution in [2.24, 2.45) is 5.14 Å². The zero-order valence-electron chi connectivity index (χ0n) is 6.36. The summed E-state index contributed by atoms with van der Waals surface area (Å²) in [6.45, 7) is 0. The molecule has 0 aromatic heterocycles. The Morgan fingerprint density at radius 3 is 2.46 bits per heavy atom. The number of halogens is 1. The van der Waals surface area contributed by atoms with Crippen LogP contribution < -0.4 is 5.14 Å². The van der Waals surface area contributed by atoms with E-state index in [1.807, 2.05) is 6.07 Å². The van der Waals surface area contributed by atoms with Gasteiger partial charge in [-0.15, -0.1) is 0 Å². The zero-order valence-corrected chi connectivity index (χ0v) is 8.76. The van der Waals surface area contributed by atoms with Gasteiger partial charge >= 0.3 is 0 Å². The van der Waals surface area contributed by atoms with E-state index in [1.54, 1.807) is 0 Å². The average Bonchev–Trinajstić information content (AvgIpc) is 2.01. The van der Waals surface area contributed by atoms with Crippen molar-refractivity contribution < 1.29 is 8.42 Å². The number of nitrogens with zero attached hydrogens (tertiary/aromatic N) is 1. The maximum absolute atomic E-state index is 10.9. The van der Waals surface area contributed by atoms with Crippen molar-refractivity contribution in [1.29, 1.82) is 5.26 Å². The van der Waals surface area contributed by atoms with Gasteiger partial charge < -0.3 is 0 Å². The summed E-state index contributed by atoms with van der Waals surface area (Å²) in [6.07, 6.45) is 0. The highest BCUT2D eigenvalue weighted by Crippen LogP contribution is 2.17. The van der Waals surface area contributed by atoms with Gasteiger partial charge in [-0.25, -0.2) is 13.6 Å². The molecule has 0 aliphatic heterocycles. The fraction of sp³-hybridized carbons (Fsp3) is 0. The second-order valence-corrected chi connectivity index (χ2v) is 4.81. The monoisotopic (exact) mass is 260 g/mol. The SMILES string of the molecule is N#Cc1cc(Br)cc(S(N)(=O)=O)c1. The molecule has 1 aromatic rings. The van der Waals surface area contributed by atoms with Gasteiger partial charge in [0.25, 0.3) is 0 Å². The van der Waals surface area contributed by atoms with Crippen LogP contribution in [-0.2, 0) is 10.0 Å². The third-order valence-corrected chi connectivity index (χ3v) is 2.68. The average molecular weight is 261 g/mol. The Kier molecular flexibility index (Phi) is 2.71. The van der Waals surface area contributed by atoms with Crippen molar-refractivity contribution in [3.05, 3.63) is 28.2 Å². The minimum absolute atomic E-state index is 0.0709. The maximum atomic E-state index is 10.9. The second-order valence-electron chi connectivity index (χ2n) is 2.33. The maximum Gasteiger partial charge on any atom is 0.238 e. The van der Waals surface area contributed by atoms with E-state index in [1.165, 1.54) is 18.2 Å². The Labute approximate surface area is 84.2 Å². The molecule has 0 aliphatic rings. The quantitative estimate of drug-likeness (QED) is 0.817. The van der Waals surface area contributed by atoms with Crippen molar-refractivity contribution in [2.75, 3.05) is 0 Å². The molecule has 0 aliphatic carbocycles. The molecule has 0 fully saturated rings. The molecule has 6 heteroatoms. The van der Waals surface area contributed by atoms with Crippen LogP contribution in [0.1, 0.15) is 5.56 Å². The first-order valence-electron chi connectivity index (χ1n) is 3.17. The third kappa shape index (κ3) is 2.52. The van der Waals surface area contributed by atoms with Gasteiger partial charge in [-0.2, -0.15) is 5.26 Å². The highest BCUT2D eigenvalue weighted by atomic mass is 79.9. The van der Waals surface area contributed by atoms with E-state index < -0.39 is 10.0 Å². The van der Waals surface area contributed by atoms with Crippen LogP contribution in [0.25, 0.3) is 0 Å². The Morgan fingerprint density at radius 2 is 2.00 bits per heavy atom. The number of benzene rings is 1. The number of nitriles is 1. The van der Waals surface area contributed by atoms with Gasteiger partial charge in [0.05, 0.1) is 16.5 Å². The predicted octanol–water partition coefficient (Wildman–Crippen LogP) is 0.968. The van der Waals surface area contributed by atoms with E-state index >= 15 is 0 Å². The van der Waals surface area contributed by atoms with Gasteiger partial charge in [0, 0.05) is 4.47 Å². The fourth-order valence-corrected chi connectivity index (χ4v) is 2.02. The van der Waals surface area contributed by atoms with E-state index in [9.17, 15) is 8.42 Å². The summed E-state index contributed by atoms with van der Waals surface area (Å²) in [5.74, 6) is 0. The molecule has 0 atom stereocenters. The van der Waals surface area contributed by atoms with E-state index in [0.29, 0.717) is 4.47 Å². The third-order valence-electron chi connectivity index (χ3n) is 1.33. The molecule has 1 rings (SSSR count). The molecule has 0 heterocycles. The topological polar surface area (TPSA) is 83.9 Å². The van der Waals surface area contributed by atoms with Crippen LogP contribution in [0.3, 0.4) is 0 Å². The summed E-state index contributed by atoms with van der Waals surface area (Å²) in [5, 5.41) is 13.4. The summed E-state index contributed by atoms with van der Waals surface area (Å²) in [6, 6.07) is 5.90. The number of nitrogens with two attached hydrogens (primary N) is 1. The van der Waals surface area contributed by atoms with Crippen molar-refractivity contribution in [3.63, 3.8) is 0 Å². The summed E-state index contributed by atoms with van der Waals surface area (Å²) < 4.78 is 22.3. The number of hydrogen-bond donors (Lipinski definition) is 1. The van der Waals surface area contributed by atoms with Crippen molar-refractivity contribution in [3.8, 4) is 6.07 Å². The lowest BCUT2D eigenvalue weighted by Gasteiger charge is -1.99.